The molecule has 5 heteroatoms. The number of nitrogens with zero attached hydrogens (tertiary/aromatic N) is 2. The van der Waals surface area contributed by atoms with Crippen LogP contribution in [0.2, 0.25) is 0 Å². The Hall–Kier alpha value is -0.160. The molecule has 1 aliphatic rings. The molecular formula is C13H24ClN3S. The highest BCUT2D eigenvalue weighted by Crippen LogP contribution is 2.30. The molecule has 1 aromatic heterocycles. The van der Waals surface area contributed by atoms with Crippen LogP contribution >= 0.6 is 23.7 Å². The summed E-state index contributed by atoms with van der Waals surface area (Å²) in [7, 11) is 0. The van der Waals surface area contributed by atoms with Gasteiger partial charge in [0.2, 0.25) is 0 Å². The first-order valence-electron chi connectivity index (χ1n) is 6.39. The number of hydrogen-bond acceptors (Lipinski definition) is 4. The van der Waals surface area contributed by atoms with Gasteiger partial charge in [0.1, 0.15) is 0 Å². The molecule has 1 atom stereocenters. The van der Waals surface area contributed by atoms with Crippen molar-refractivity contribution in [1.29, 1.82) is 0 Å². The minimum Gasteiger partial charge on any atom is -0.330 e. The molecule has 3 nitrogen and oxygen atoms in total. The second-order valence-corrected chi connectivity index (χ2v) is 6.94. The summed E-state index contributed by atoms with van der Waals surface area (Å²) in [5.41, 5.74) is 6.16. The van der Waals surface area contributed by atoms with Crippen molar-refractivity contribution in [2.45, 2.75) is 39.7 Å². The average Bonchev–Trinajstić information content (AvgIpc) is 2.87. The van der Waals surface area contributed by atoms with Crippen molar-refractivity contribution in [3.8, 4) is 0 Å². The summed E-state index contributed by atoms with van der Waals surface area (Å²) in [6.45, 7) is 10.8. The molecule has 2 heterocycles. The highest BCUT2D eigenvalue weighted by Gasteiger charge is 2.32. The minimum absolute atomic E-state index is 0. The fraction of sp³-hybridized carbons (Fsp3) is 0.769. The van der Waals surface area contributed by atoms with E-state index < -0.39 is 0 Å². The highest BCUT2D eigenvalue weighted by atomic mass is 35.5. The first kappa shape index (κ1) is 15.9. The van der Waals surface area contributed by atoms with Gasteiger partial charge in [-0.2, -0.15) is 0 Å². The zero-order chi connectivity index (χ0) is 12.5. The van der Waals surface area contributed by atoms with Crippen molar-refractivity contribution in [1.82, 2.24) is 9.88 Å². The van der Waals surface area contributed by atoms with Crippen LogP contribution < -0.4 is 5.73 Å². The van der Waals surface area contributed by atoms with E-state index in [1.165, 1.54) is 22.9 Å². The standard InChI is InChI=1S/C13H23N3S.ClH/c1-10(2)12-15-6-11(17-12)7-16-5-4-13(3,8-14)9-16;/h6,10H,4-5,7-9,14H2,1-3H3;1H. The van der Waals surface area contributed by atoms with E-state index in [1.807, 2.05) is 17.5 Å². The maximum atomic E-state index is 5.83. The molecule has 1 fully saturated rings. The summed E-state index contributed by atoms with van der Waals surface area (Å²) >= 11 is 1.85. The molecule has 0 bridgehead atoms. The Morgan fingerprint density at radius 2 is 2.28 bits per heavy atom. The Bertz CT molecular complexity index is 380. The third-order valence-electron chi connectivity index (χ3n) is 3.57. The molecular weight excluding hydrogens is 266 g/mol. The third-order valence-corrected chi connectivity index (χ3v) is 4.86. The molecule has 0 aromatic carbocycles. The van der Waals surface area contributed by atoms with E-state index in [4.69, 9.17) is 5.73 Å². The van der Waals surface area contributed by atoms with Crippen molar-refractivity contribution in [3.63, 3.8) is 0 Å². The summed E-state index contributed by atoms with van der Waals surface area (Å²) in [5, 5.41) is 1.25. The smallest absolute Gasteiger partial charge is 0.0953 e. The zero-order valence-electron chi connectivity index (χ0n) is 11.5. The summed E-state index contributed by atoms with van der Waals surface area (Å²) in [6, 6.07) is 0. The number of thiazole rings is 1. The van der Waals surface area contributed by atoms with Crippen LogP contribution in [0.5, 0.6) is 0 Å². The van der Waals surface area contributed by atoms with Crippen LogP contribution in [0.1, 0.15) is 43.0 Å². The van der Waals surface area contributed by atoms with Crippen LogP contribution in [0.15, 0.2) is 6.20 Å². The van der Waals surface area contributed by atoms with Crippen LogP contribution in [0, 0.1) is 5.41 Å². The number of rotatable bonds is 4. The molecule has 1 aliphatic heterocycles. The quantitative estimate of drug-likeness (QED) is 0.927. The SMILES string of the molecule is CC(C)c1ncc(CN2CCC(C)(CN)C2)s1.Cl. The molecule has 1 aromatic rings. The normalized spacial score (nSPS) is 24.5. The van der Waals surface area contributed by atoms with E-state index >= 15 is 0 Å². The lowest BCUT2D eigenvalue weighted by atomic mass is 9.90. The predicted octanol–water partition coefficient (Wildman–Crippen LogP) is 2.86. The van der Waals surface area contributed by atoms with Crippen LogP contribution in [-0.4, -0.2) is 29.5 Å². The first-order chi connectivity index (χ1) is 8.02. The van der Waals surface area contributed by atoms with E-state index in [2.05, 4.69) is 30.7 Å². The summed E-state index contributed by atoms with van der Waals surface area (Å²) in [4.78, 5) is 8.37. The van der Waals surface area contributed by atoms with Crippen molar-refractivity contribution < 1.29 is 0 Å². The molecule has 0 aliphatic carbocycles. The Labute approximate surface area is 120 Å². The summed E-state index contributed by atoms with van der Waals surface area (Å²) in [6.07, 6.45) is 3.26. The van der Waals surface area contributed by atoms with Crippen LogP contribution in [0.3, 0.4) is 0 Å². The van der Waals surface area contributed by atoms with Crippen LogP contribution in [0.25, 0.3) is 0 Å². The molecule has 1 unspecified atom stereocenters. The lowest BCUT2D eigenvalue weighted by Crippen LogP contribution is -2.30. The highest BCUT2D eigenvalue weighted by molar-refractivity contribution is 7.11. The molecule has 1 saturated heterocycles. The van der Waals surface area contributed by atoms with Crippen molar-refractivity contribution in [3.05, 3.63) is 16.1 Å². The molecule has 2 N–H and O–H groups in total. The fourth-order valence-corrected chi connectivity index (χ4v) is 3.27. The molecule has 0 spiro atoms. The number of likely N-dealkylation sites (tertiary alicyclic amines) is 1. The van der Waals surface area contributed by atoms with E-state index in [9.17, 15) is 0 Å². The Morgan fingerprint density at radius 3 is 2.78 bits per heavy atom. The van der Waals surface area contributed by atoms with Crippen molar-refractivity contribution in [2.24, 2.45) is 11.1 Å². The Balaban J connectivity index is 0.00000162. The van der Waals surface area contributed by atoms with Crippen LogP contribution in [-0.2, 0) is 6.54 Å². The van der Waals surface area contributed by atoms with Crippen molar-refractivity contribution in [2.75, 3.05) is 19.6 Å². The monoisotopic (exact) mass is 289 g/mol. The average molecular weight is 290 g/mol. The number of aromatic nitrogens is 1. The first-order valence-corrected chi connectivity index (χ1v) is 7.21. The van der Waals surface area contributed by atoms with Gasteiger partial charge in [0.05, 0.1) is 5.01 Å². The molecule has 18 heavy (non-hydrogen) atoms. The summed E-state index contributed by atoms with van der Waals surface area (Å²) < 4.78 is 0. The van der Waals surface area contributed by atoms with Gasteiger partial charge < -0.3 is 5.73 Å². The Morgan fingerprint density at radius 1 is 1.56 bits per heavy atom. The van der Waals surface area contributed by atoms with E-state index in [-0.39, 0.29) is 12.4 Å². The van der Waals surface area contributed by atoms with E-state index in [0.29, 0.717) is 11.3 Å². The topological polar surface area (TPSA) is 42.2 Å². The van der Waals surface area contributed by atoms with Crippen LogP contribution in [0.4, 0.5) is 0 Å². The lowest BCUT2D eigenvalue weighted by molar-refractivity contribution is 0.276. The predicted molar refractivity (Wildman–Crippen MR) is 80.5 cm³/mol. The fourth-order valence-electron chi connectivity index (χ4n) is 2.31. The summed E-state index contributed by atoms with van der Waals surface area (Å²) in [5.74, 6) is 0.543. The molecule has 0 radical (unpaired) electrons. The maximum absolute atomic E-state index is 5.83. The lowest BCUT2D eigenvalue weighted by Gasteiger charge is -2.22. The van der Waals surface area contributed by atoms with Gasteiger partial charge in [-0.25, -0.2) is 4.98 Å². The van der Waals surface area contributed by atoms with Crippen molar-refractivity contribution >= 4 is 23.7 Å². The van der Waals surface area contributed by atoms with Gasteiger partial charge in [-0.05, 0) is 24.9 Å². The second kappa shape index (κ2) is 6.33. The molecule has 2 rings (SSSR count). The van der Waals surface area contributed by atoms with Gasteiger partial charge in [-0.3, -0.25) is 4.90 Å². The molecule has 104 valence electrons. The van der Waals surface area contributed by atoms with Gasteiger partial charge in [0, 0.05) is 30.1 Å². The van der Waals surface area contributed by atoms with Gasteiger partial charge in [0.15, 0.2) is 0 Å². The molecule has 0 amide bonds. The Kier molecular flexibility index (Phi) is 5.59. The minimum atomic E-state index is 0. The third kappa shape index (κ3) is 3.67. The largest absolute Gasteiger partial charge is 0.330 e. The van der Waals surface area contributed by atoms with E-state index in [1.54, 1.807) is 0 Å². The maximum Gasteiger partial charge on any atom is 0.0953 e. The van der Waals surface area contributed by atoms with Gasteiger partial charge in [-0.1, -0.05) is 20.8 Å². The number of hydrogen-bond donors (Lipinski definition) is 1. The number of halogens is 1. The number of nitrogens with two attached hydrogens (primary N) is 1. The van der Waals surface area contributed by atoms with Gasteiger partial charge in [-0.15, -0.1) is 23.7 Å². The second-order valence-electron chi connectivity index (χ2n) is 5.79. The zero-order valence-corrected chi connectivity index (χ0v) is 13.1. The van der Waals surface area contributed by atoms with Gasteiger partial charge >= 0.3 is 0 Å². The van der Waals surface area contributed by atoms with Gasteiger partial charge in [0.25, 0.3) is 0 Å². The van der Waals surface area contributed by atoms with E-state index in [0.717, 1.165) is 19.6 Å². The molecule has 0 saturated carbocycles.